The molecule has 24 heavy (non-hydrogen) atoms. The van der Waals surface area contributed by atoms with Gasteiger partial charge in [-0.2, -0.15) is 0 Å². The summed E-state index contributed by atoms with van der Waals surface area (Å²) in [5, 5.41) is 17.4. The zero-order valence-electron chi connectivity index (χ0n) is 14.8. The fraction of sp³-hybridized carbons (Fsp3) is 0.550. The Labute approximate surface area is 146 Å². The molecule has 0 spiro atoms. The van der Waals surface area contributed by atoms with E-state index in [1.54, 1.807) is 6.08 Å². The van der Waals surface area contributed by atoms with Crippen molar-refractivity contribution in [3.8, 4) is 0 Å². The van der Waals surface area contributed by atoms with Gasteiger partial charge in [-0.05, 0) is 38.5 Å². The van der Waals surface area contributed by atoms with Gasteiger partial charge < -0.3 is 5.11 Å². The van der Waals surface area contributed by atoms with Crippen LogP contribution in [0.4, 0.5) is 0 Å². The molecule has 0 saturated carbocycles. The average molecular weight is 336 g/mol. The van der Waals surface area contributed by atoms with Crippen molar-refractivity contribution < 1.29 is 20.0 Å². The van der Waals surface area contributed by atoms with E-state index in [1.807, 2.05) is 24.3 Å². The minimum atomic E-state index is -0.773. The van der Waals surface area contributed by atoms with E-state index >= 15 is 0 Å². The van der Waals surface area contributed by atoms with Crippen LogP contribution >= 0.6 is 0 Å². The average Bonchev–Trinajstić information content (AvgIpc) is 2.57. The Morgan fingerprint density at radius 1 is 1.00 bits per heavy atom. The molecule has 0 aliphatic rings. The van der Waals surface area contributed by atoms with Crippen LogP contribution in [0.1, 0.15) is 64.7 Å². The molecule has 136 valence electrons. The highest BCUT2D eigenvalue weighted by atomic mass is 17.1. The van der Waals surface area contributed by atoms with Crippen molar-refractivity contribution in [2.75, 3.05) is 0 Å². The highest BCUT2D eigenvalue weighted by molar-refractivity contribution is 5.66. The van der Waals surface area contributed by atoms with Crippen LogP contribution in [-0.4, -0.2) is 22.4 Å². The number of hydrogen-bond donors (Lipinski definition) is 2. The lowest BCUT2D eigenvalue weighted by atomic mass is 10.1. The largest absolute Gasteiger partial charge is 0.481 e. The molecular formula is C20H32O4. The summed E-state index contributed by atoms with van der Waals surface area (Å²) in [5.41, 5.74) is 0. The van der Waals surface area contributed by atoms with Crippen LogP contribution < -0.4 is 0 Å². The smallest absolute Gasteiger partial charge is 0.303 e. The molecule has 0 saturated heterocycles. The summed E-state index contributed by atoms with van der Waals surface area (Å²) in [5.74, 6) is -0.773. The molecular weight excluding hydrogens is 304 g/mol. The second-order valence-electron chi connectivity index (χ2n) is 5.65. The Hall–Kier alpha value is -1.65. The lowest BCUT2D eigenvalue weighted by Crippen LogP contribution is -2.04. The highest BCUT2D eigenvalue weighted by Gasteiger charge is 2.00. The lowest BCUT2D eigenvalue weighted by molar-refractivity contribution is -0.264. The minimum absolute atomic E-state index is 0.183. The maximum absolute atomic E-state index is 10.4. The first-order valence-corrected chi connectivity index (χ1v) is 8.86. The molecule has 2 N–H and O–H groups in total. The topological polar surface area (TPSA) is 66.8 Å². The number of carboxylic acids is 1. The Morgan fingerprint density at radius 2 is 1.75 bits per heavy atom. The quantitative estimate of drug-likeness (QED) is 0.133. The second-order valence-corrected chi connectivity index (χ2v) is 5.65. The number of unbranched alkanes of at least 4 members (excludes halogenated alkanes) is 4. The Kier molecular flexibility index (Phi) is 16.5. The Bertz CT molecular complexity index is 408. The van der Waals surface area contributed by atoms with Crippen LogP contribution in [0, 0.1) is 0 Å². The molecule has 0 heterocycles. The van der Waals surface area contributed by atoms with Crippen LogP contribution in [-0.2, 0) is 9.68 Å². The second kappa shape index (κ2) is 17.7. The lowest BCUT2D eigenvalue weighted by Gasteiger charge is -2.04. The van der Waals surface area contributed by atoms with Gasteiger partial charge in [-0.3, -0.25) is 10.1 Å². The molecule has 0 radical (unpaired) electrons. The predicted octanol–water partition coefficient (Wildman–Crippen LogP) is 5.68. The first-order valence-electron chi connectivity index (χ1n) is 8.86. The molecule has 0 bridgehead atoms. The summed E-state index contributed by atoms with van der Waals surface area (Å²) in [6.45, 7) is 2.21. The normalized spacial score (nSPS) is 13.8. The van der Waals surface area contributed by atoms with Gasteiger partial charge in [0.25, 0.3) is 0 Å². The third-order valence-electron chi connectivity index (χ3n) is 3.42. The van der Waals surface area contributed by atoms with Gasteiger partial charge in [0.2, 0.25) is 0 Å². The minimum Gasteiger partial charge on any atom is -0.481 e. The molecule has 0 rings (SSSR count). The third-order valence-corrected chi connectivity index (χ3v) is 3.42. The molecule has 4 nitrogen and oxygen atoms in total. The molecule has 0 aromatic heterocycles. The van der Waals surface area contributed by atoms with E-state index in [9.17, 15) is 4.79 Å². The number of carboxylic acid groups (broad SMARTS) is 1. The third kappa shape index (κ3) is 16.7. The van der Waals surface area contributed by atoms with Crippen molar-refractivity contribution in [3.05, 3.63) is 48.6 Å². The van der Waals surface area contributed by atoms with Gasteiger partial charge in [0.05, 0.1) is 0 Å². The SMILES string of the molecule is CCCCC/C=C\C/C=C\C=C/C(C/C=C\CCCC(=O)O)OO. The van der Waals surface area contributed by atoms with Gasteiger partial charge in [0, 0.05) is 6.42 Å². The van der Waals surface area contributed by atoms with Crippen LogP contribution in [0.15, 0.2) is 48.6 Å². The summed E-state index contributed by atoms with van der Waals surface area (Å²) >= 11 is 0. The summed E-state index contributed by atoms with van der Waals surface area (Å²) in [7, 11) is 0. The van der Waals surface area contributed by atoms with E-state index in [1.165, 1.54) is 19.3 Å². The van der Waals surface area contributed by atoms with Gasteiger partial charge in [-0.15, -0.1) is 0 Å². The summed E-state index contributed by atoms with van der Waals surface area (Å²) in [4.78, 5) is 14.8. The first-order chi connectivity index (χ1) is 11.7. The van der Waals surface area contributed by atoms with E-state index in [2.05, 4.69) is 30.0 Å². The van der Waals surface area contributed by atoms with Gasteiger partial charge in [-0.1, -0.05) is 68.4 Å². The molecule has 0 aromatic rings. The van der Waals surface area contributed by atoms with Crippen LogP contribution in [0.5, 0.6) is 0 Å². The molecule has 0 fully saturated rings. The fourth-order valence-electron chi connectivity index (χ4n) is 2.03. The van der Waals surface area contributed by atoms with Crippen molar-refractivity contribution in [2.24, 2.45) is 0 Å². The molecule has 1 atom stereocenters. The number of rotatable bonds is 15. The zero-order chi connectivity index (χ0) is 17.9. The van der Waals surface area contributed by atoms with Crippen LogP contribution in [0.2, 0.25) is 0 Å². The van der Waals surface area contributed by atoms with E-state index in [-0.39, 0.29) is 12.5 Å². The molecule has 0 aliphatic carbocycles. The van der Waals surface area contributed by atoms with Crippen molar-refractivity contribution >= 4 is 5.97 Å². The van der Waals surface area contributed by atoms with E-state index in [0.717, 1.165) is 19.3 Å². The maximum atomic E-state index is 10.4. The van der Waals surface area contributed by atoms with E-state index < -0.39 is 5.97 Å². The van der Waals surface area contributed by atoms with Crippen molar-refractivity contribution in [2.45, 2.75) is 70.8 Å². The number of allylic oxidation sites excluding steroid dienone is 6. The van der Waals surface area contributed by atoms with Crippen molar-refractivity contribution in [3.63, 3.8) is 0 Å². The Morgan fingerprint density at radius 3 is 2.46 bits per heavy atom. The predicted molar refractivity (Wildman–Crippen MR) is 98.9 cm³/mol. The van der Waals surface area contributed by atoms with E-state index in [4.69, 9.17) is 10.4 Å². The molecule has 1 unspecified atom stereocenters. The monoisotopic (exact) mass is 336 g/mol. The first kappa shape index (κ1) is 22.4. The van der Waals surface area contributed by atoms with Crippen molar-refractivity contribution in [1.29, 1.82) is 0 Å². The standard InChI is InChI=1S/C20H32O4/c1-2-3-4-5-6-7-8-9-10-13-16-19(24-23)17-14-11-12-15-18-20(21)22/h6-7,9-11,13-14,16,19,23H,2-5,8,12,15,17-18H2,1H3,(H,21,22)/b7-6-,10-9-,14-11-,16-13-. The van der Waals surface area contributed by atoms with Crippen molar-refractivity contribution in [1.82, 2.24) is 0 Å². The molecule has 0 aliphatic heterocycles. The van der Waals surface area contributed by atoms with Crippen LogP contribution in [0.25, 0.3) is 0 Å². The maximum Gasteiger partial charge on any atom is 0.303 e. The number of carbonyl (C=O) groups is 1. The van der Waals surface area contributed by atoms with E-state index in [0.29, 0.717) is 12.8 Å². The summed E-state index contributed by atoms with van der Waals surface area (Å²) in [6.07, 6.45) is 23.4. The fourth-order valence-corrected chi connectivity index (χ4v) is 2.03. The molecule has 4 heteroatoms. The highest BCUT2D eigenvalue weighted by Crippen LogP contribution is 2.04. The van der Waals surface area contributed by atoms with Gasteiger partial charge >= 0.3 is 5.97 Å². The molecule has 0 aromatic carbocycles. The van der Waals surface area contributed by atoms with Gasteiger partial charge in [0.1, 0.15) is 6.10 Å². The van der Waals surface area contributed by atoms with Crippen LogP contribution in [0.3, 0.4) is 0 Å². The molecule has 0 amide bonds. The zero-order valence-corrected chi connectivity index (χ0v) is 14.8. The summed E-state index contributed by atoms with van der Waals surface area (Å²) in [6, 6.07) is 0. The van der Waals surface area contributed by atoms with Gasteiger partial charge in [-0.25, -0.2) is 4.89 Å². The number of aliphatic carboxylic acids is 1. The summed E-state index contributed by atoms with van der Waals surface area (Å²) < 4.78 is 0. The number of hydrogen-bond acceptors (Lipinski definition) is 3. The van der Waals surface area contributed by atoms with Gasteiger partial charge in [0.15, 0.2) is 0 Å². The Balaban J connectivity index is 3.81.